The lowest BCUT2D eigenvalue weighted by molar-refractivity contribution is 0.288. The van der Waals surface area contributed by atoms with Crippen LogP contribution >= 0.6 is 0 Å². The number of aromatic nitrogens is 4. The number of hydrogen-bond acceptors (Lipinski definition) is 5. The number of nitrogens with one attached hydrogen (secondary N) is 1. The van der Waals surface area contributed by atoms with E-state index in [1.54, 1.807) is 6.33 Å². The number of nitrogens with zero attached hydrogens (tertiary/aromatic N) is 4. The average molecular weight is 385 g/mol. The van der Waals surface area contributed by atoms with Crippen LogP contribution in [-0.4, -0.2) is 26.1 Å². The molecule has 1 aliphatic rings. The monoisotopic (exact) mass is 385 g/mol. The molecule has 6 nitrogen and oxygen atoms in total. The van der Waals surface area contributed by atoms with Crippen LogP contribution in [0.25, 0.3) is 11.2 Å². The molecule has 1 atom stereocenters. The minimum atomic E-state index is -0.0479. The van der Waals surface area contributed by atoms with Gasteiger partial charge in [0, 0.05) is 6.54 Å². The van der Waals surface area contributed by atoms with Gasteiger partial charge in [-0.05, 0) is 48.6 Å². The number of imidazole rings is 1. The molecule has 0 spiro atoms. The van der Waals surface area contributed by atoms with Crippen molar-refractivity contribution in [3.8, 4) is 5.75 Å². The molecule has 1 aliphatic heterocycles. The molecule has 6 heteroatoms. The number of aryl methyl sites for hydroxylation is 2. The number of anilines is 1. The van der Waals surface area contributed by atoms with E-state index in [0.29, 0.717) is 0 Å². The highest BCUT2D eigenvalue weighted by Crippen LogP contribution is 2.33. The SMILES string of the molecule is CCn1cnc2c(NC(c3ccccc3)c3ccc4c(c3)CCCO4)ncnc21. The van der Waals surface area contributed by atoms with Gasteiger partial charge in [-0.1, -0.05) is 36.4 Å². The van der Waals surface area contributed by atoms with Gasteiger partial charge in [0.05, 0.1) is 19.0 Å². The van der Waals surface area contributed by atoms with Crippen molar-refractivity contribution in [1.29, 1.82) is 0 Å². The van der Waals surface area contributed by atoms with E-state index in [1.807, 2.05) is 17.0 Å². The van der Waals surface area contributed by atoms with Gasteiger partial charge in [-0.3, -0.25) is 0 Å². The summed E-state index contributed by atoms with van der Waals surface area (Å²) in [5, 5.41) is 3.63. The Balaban J connectivity index is 1.58. The lowest BCUT2D eigenvalue weighted by atomic mass is 9.95. The Kier molecular flexibility index (Phi) is 4.60. The molecule has 5 rings (SSSR count). The van der Waals surface area contributed by atoms with Gasteiger partial charge < -0.3 is 14.6 Å². The van der Waals surface area contributed by atoms with Crippen molar-refractivity contribution in [2.45, 2.75) is 32.4 Å². The summed E-state index contributed by atoms with van der Waals surface area (Å²) in [6.07, 6.45) is 5.52. The van der Waals surface area contributed by atoms with Gasteiger partial charge >= 0.3 is 0 Å². The molecule has 29 heavy (non-hydrogen) atoms. The first-order valence-corrected chi connectivity index (χ1v) is 10.1. The molecule has 0 aliphatic carbocycles. The summed E-state index contributed by atoms with van der Waals surface area (Å²) in [6, 6.07) is 16.9. The first kappa shape index (κ1) is 17.7. The Bertz CT molecular complexity index is 1140. The summed E-state index contributed by atoms with van der Waals surface area (Å²) < 4.78 is 7.82. The first-order valence-electron chi connectivity index (χ1n) is 10.1. The molecule has 1 unspecified atom stereocenters. The summed E-state index contributed by atoms with van der Waals surface area (Å²) in [4.78, 5) is 13.5. The molecule has 2 aromatic carbocycles. The fourth-order valence-electron chi connectivity index (χ4n) is 3.92. The molecular formula is C23H23N5O. The Morgan fingerprint density at radius 2 is 1.97 bits per heavy atom. The maximum Gasteiger partial charge on any atom is 0.165 e. The normalized spacial score (nSPS) is 14.2. The minimum absolute atomic E-state index is 0.0479. The van der Waals surface area contributed by atoms with E-state index in [4.69, 9.17) is 4.74 Å². The van der Waals surface area contributed by atoms with Gasteiger partial charge in [0.2, 0.25) is 0 Å². The molecule has 0 saturated heterocycles. The fourth-order valence-corrected chi connectivity index (χ4v) is 3.92. The summed E-state index contributed by atoms with van der Waals surface area (Å²) >= 11 is 0. The van der Waals surface area contributed by atoms with Crippen LogP contribution in [0.3, 0.4) is 0 Å². The molecule has 0 radical (unpaired) electrons. The van der Waals surface area contributed by atoms with Crippen molar-refractivity contribution >= 4 is 17.0 Å². The molecule has 3 heterocycles. The van der Waals surface area contributed by atoms with Crippen LogP contribution in [0.2, 0.25) is 0 Å². The van der Waals surface area contributed by atoms with Crippen molar-refractivity contribution in [1.82, 2.24) is 19.5 Å². The zero-order valence-corrected chi connectivity index (χ0v) is 16.4. The molecule has 2 aromatic heterocycles. The quantitative estimate of drug-likeness (QED) is 0.553. The summed E-state index contributed by atoms with van der Waals surface area (Å²) in [6.45, 7) is 3.70. The Morgan fingerprint density at radius 1 is 1.07 bits per heavy atom. The van der Waals surface area contributed by atoms with Crippen molar-refractivity contribution in [2.75, 3.05) is 11.9 Å². The predicted octanol–water partition coefficient (Wildman–Crippen LogP) is 4.37. The van der Waals surface area contributed by atoms with Crippen molar-refractivity contribution in [2.24, 2.45) is 0 Å². The second-order valence-corrected chi connectivity index (χ2v) is 7.23. The van der Waals surface area contributed by atoms with Crippen LogP contribution in [-0.2, 0) is 13.0 Å². The highest BCUT2D eigenvalue weighted by atomic mass is 16.5. The molecule has 146 valence electrons. The Morgan fingerprint density at radius 3 is 2.83 bits per heavy atom. The third kappa shape index (κ3) is 3.31. The van der Waals surface area contributed by atoms with Crippen LogP contribution < -0.4 is 10.1 Å². The maximum absolute atomic E-state index is 5.80. The lowest BCUT2D eigenvalue weighted by Gasteiger charge is -2.23. The van der Waals surface area contributed by atoms with Gasteiger partial charge in [0.25, 0.3) is 0 Å². The van der Waals surface area contributed by atoms with E-state index >= 15 is 0 Å². The molecule has 0 fully saturated rings. The zero-order chi connectivity index (χ0) is 19.6. The van der Waals surface area contributed by atoms with Gasteiger partial charge in [-0.2, -0.15) is 0 Å². The minimum Gasteiger partial charge on any atom is -0.493 e. The third-order valence-corrected chi connectivity index (χ3v) is 5.42. The summed E-state index contributed by atoms with van der Waals surface area (Å²) in [7, 11) is 0. The van der Waals surface area contributed by atoms with Crippen molar-refractivity contribution < 1.29 is 4.74 Å². The second kappa shape index (κ2) is 7.54. The molecule has 4 aromatic rings. The van der Waals surface area contributed by atoms with Crippen molar-refractivity contribution in [3.05, 3.63) is 77.9 Å². The van der Waals surface area contributed by atoms with Crippen LogP contribution in [0.15, 0.2) is 61.2 Å². The Hall–Kier alpha value is -3.41. The average Bonchev–Trinajstić information content (AvgIpc) is 3.22. The first-order chi connectivity index (χ1) is 14.3. The number of fused-ring (bicyclic) bond motifs is 2. The highest BCUT2D eigenvalue weighted by molar-refractivity contribution is 5.83. The van der Waals surface area contributed by atoms with Crippen molar-refractivity contribution in [3.63, 3.8) is 0 Å². The van der Waals surface area contributed by atoms with Gasteiger partial charge in [-0.25, -0.2) is 15.0 Å². The topological polar surface area (TPSA) is 64.9 Å². The molecular weight excluding hydrogens is 362 g/mol. The van der Waals surface area contributed by atoms with E-state index in [2.05, 4.69) is 69.7 Å². The standard InChI is InChI=1S/C23H23N5O/c1-2-28-15-26-21-22(24-14-25-23(21)28)27-20(16-7-4-3-5-8-16)18-10-11-19-17(13-18)9-6-12-29-19/h3-5,7-8,10-11,13-15,20H,2,6,9,12H2,1H3,(H,24,25,27). The van der Waals surface area contributed by atoms with Gasteiger partial charge in [-0.15, -0.1) is 0 Å². The maximum atomic E-state index is 5.80. The van der Waals surface area contributed by atoms with E-state index < -0.39 is 0 Å². The number of hydrogen-bond donors (Lipinski definition) is 1. The number of ether oxygens (including phenoxy) is 1. The van der Waals surface area contributed by atoms with Crippen LogP contribution in [0, 0.1) is 0 Å². The highest BCUT2D eigenvalue weighted by Gasteiger charge is 2.20. The van der Waals surface area contributed by atoms with E-state index in [0.717, 1.165) is 48.7 Å². The Labute approximate surface area is 169 Å². The number of benzene rings is 2. The predicted molar refractivity (Wildman–Crippen MR) is 113 cm³/mol. The molecule has 1 N–H and O–H groups in total. The van der Waals surface area contributed by atoms with E-state index in [1.165, 1.54) is 16.7 Å². The van der Waals surface area contributed by atoms with Crippen LogP contribution in [0.4, 0.5) is 5.82 Å². The number of rotatable bonds is 5. The summed E-state index contributed by atoms with van der Waals surface area (Å²) in [5.41, 5.74) is 5.25. The molecule has 0 bridgehead atoms. The van der Waals surface area contributed by atoms with E-state index in [-0.39, 0.29) is 6.04 Å². The van der Waals surface area contributed by atoms with Gasteiger partial charge in [0.15, 0.2) is 11.5 Å². The van der Waals surface area contributed by atoms with E-state index in [9.17, 15) is 0 Å². The fraction of sp³-hybridized carbons (Fsp3) is 0.261. The third-order valence-electron chi connectivity index (χ3n) is 5.42. The molecule has 0 saturated carbocycles. The smallest absolute Gasteiger partial charge is 0.165 e. The van der Waals surface area contributed by atoms with Crippen LogP contribution in [0.1, 0.15) is 36.1 Å². The largest absolute Gasteiger partial charge is 0.493 e. The molecule has 0 amide bonds. The zero-order valence-electron chi connectivity index (χ0n) is 16.4. The second-order valence-electron chi connectivity index (χ2n) is 7.23. The van der Waals surface area contributed by atoms with Gasteiger partial charge in [0.1, 0.15) is 17.6 Å². The van der Waals surface area contributed by atoms with Crippen LogP contribution in [0.5, 0.6) is 5.75 Å². The lowest BCUT2D eigenvalue weighted by Crippen LogP contribution is -2.15. The summed E-state index contributed by atoms with van der Waals surface area (Å²) in [5.74, 6) is 1.74.